The Morgan fingerprint density at radius 1 is 1.41 bits per heavy atom. The van der Waals surface area contributed by atoms with Crippen LogP contribution in [0.2, 0.25) is 4.82 Å². The van der Waals surface area contributed by atoms with E-state index in [1.165, 1.54) is 0 Å². The van der Waals surface area contributed by atoms with Crippen molar-refractivity contribution >= 4 is 37.9 Å². The zero-order valence-electron chi connectivity index (χ0n) is 9.17. The molecule has 1 N–H and O–H groups in total. The molecule has 5 heteroatoms. The quantitative estimate of drug-likeness (QED) is 0.646. The summed E-state index contributed by atoms with van der Waals surface area (Å²) in [7, 11) is 0. The number of hydrogen-bond acceptors (Lipinski definition) is 3. The number of carbonyl (C=O) groups excluding carboxylic acids is 1. The number of esters is 1. The molecule has 91 valence electrons. The van der Waals surface area contributed by atoms with Crippen LogP contribution < -0.4 is 0 Å². The summed E-state index contributed by atoms with van der Waals surface area (Å²) in [6.07, 6.45) is -1.01. The Kier molecular flexibility index (Phi) is 3.93. The van der Waals surface area contributed by atoms with Gasteiger partial charge in [0.2, 0.25) is 0 Å². The minimum absolute atomic E-state index is 0.0962. The Morgan fingerprint density at radius 3 is 2.47 bits per heavy atom. The molecule has 1 radical (unpaired) electrons. The molecule has 2 rings (SSSR count). The number of halogens is 1. The molecule has 1 aromatic carbocycles. The summed E-state index contributed by atoms with van der Waals surface area (Å²) in [6.45, 7) is 1.83. The summed E-state index contributed by atoms with van der Waals surface area (Å²) >= 11 is 6.25. The Hall–Kier alpha value is -0.351. The van der Waals surface area contributed by atoms with Crippen molar-refractivity contribution in [1.29, 1.82) is 0 Å². The monoisotopic (exact) mass is 363 g/mol. The minimum atomic E-state index is -0.827. The molecule has 0 bridgehead atoms. The normalized spacial score (nSPS) is 30.1. The summed E-state index contributed by atoms with van der Waals surface area (Å²) in [6, 6.07) is 7.29. The van der Waals surface area contributed by atoms with Gasteiger partial charge in [0, 0.05) is 0 Å². The van der Waals surface area contributed by atoms with Crippen molar-refractivity contribution in [3.63, 3.8) is 0 Å². The summed E-state index contributed by atoms with van der Waals surface area (Å²) in [5, 5.41) is 10.2. The molecule has 1 heterocycles. The fourth-order valence-corrected chi connectivity index (χ4v) is 2.86. The van der Waals surface area contributed by atoms with Gasteiger partial charge in [-0.15, -0.1) is 0 Å². The van der Waals surface area contributed by atoms with Gasteiger partial charge in [0.1, 0.15) is 0 Å². The van der Waals surface area contributed by atoms with Crippen LogP contribution in [0.3, 0.4) is 0 Å². The van der Waals surface area contributed by atoms with Gasteiger partial charge >= 0.3 is 117 Å². The molecule has 4 unspecified atom stereocenters. The first-order chi connectivity index (χ1) is 8.00. The average Bonchev–Trinajstić information content (AvgIpc) is 2.53. The van der Waals surface area contributed by atoms with Crippen LogP contribution in [0.25, 0.3) is 0 Å². The maximum absolute atomic E-state index is 11.7. The van der Waals surface area contributed by atoms with Crippen molar-refractivity contribution in [2.45, 2.75) is 23.9 Å². The van der Waals surface area contributed by atoms with E-state index in [9.17, 15) is 9.90 Å². The third kappa shape index (κ3) is 2.57. The number of ether oxygens (including phenoxy) is 1. The van der Waals surface area contributed by atoms with Gasteiger partial charge in [-0.1, -0.05) is 0 Å². The van der Waals surface area contributed by atoms with Gasteiger partial charge in [-0.25, -0.2) is 0 Å². The van der Waals surface area contributed by atoms with Crippen molar-refractivity contribution in [2.75, 3.05) is 0 Å². The van der Waals surface area contributed by atoms with E-state index in [-0.39, 0.29) is 16.9 Å². The molecule has 17 heavy (non-hydrogen) atoms. The Labute approximate surface area is 116 Å². The maximum atomic E-state index is 11.7. The second-order valence-corrected chi connectivity index (χ2v) is 6.19. The second kappa shape index (κ2) is 5.10. The molecular formula is C12H12BrO3Se. The molecule has 0 saturated carbocycles. The topological polar surface area (TPSA) is 46.5 Å². The Balaban J connectivity index is 2.22. The molecule has 0 aliphatic carbocycles. The number of cyclic esters (lactones) is 1. The van der Waals surface area contributed by atoms with Crippen LogP contribution in [0.4, 0.5) is 0 Å². The van der Waals surface area contributed by atoms with E-state index >= 15 is 0 Å². The molecular weight excluding hydrogens is 351 g/mol. The zero-order valence-corrected chi connectivity index (χ0v) is 12.5. The van der Waals surface area contributed by atoms with Gasteiger partial charge in [-0.2, -0.15) is 0 Å². The first kappa shape index (κ1) is 13.1. The molecule has 1 saturated heterocycles. The predicted molar refractivity (Wildman–Crippen MR) is 67.6 cm³/mol. The van der Waals surface area contributed by atoms with E-state index in [1.54, 1.807) is 12.1 Å². The molecule has 1 aromatic rings. The molecule has 0 amide bonds. The van der Waals surface area contributed by atoms with Gasteiger partial charge in [0.05, 0.1) is 0 Å². The van der Waals surface area contributed by atoms with E-state index in [1.807, 2.05) is 19.1 Å². The summed E-state index contributed by atoms with van der Waals surface area (Å²) in [5.41, 5.74) is 0.726. The Bertz CT molecular complexity index is 420. The van der Waals surface area contributed by atoms with Crippen LogP contribution in [0, 0.1) is 5.92 Å². The van der Waals surface area contributed by atoms with Crippen molar-refractivity contribution in [1.82, 2.24) is 0 Å². The fraction of sp³-hybridized carbons (Fsp3) is 0.417. The van der Waals surface area contributed by atoms with E-state index in [0.29, 0.717) is 0 Å². The van der Waals surface area contributed by atoms with Crippen LogP contribution in [0.5, 0.6) is 0 Å². The van der Waals surface area contributed by atoms with Gasteiger partial charge in [-0.05, 0) is 0 Å². The van der Waals surface area contributed by atoms with Gasteiger partial charge < -0.3 is 0 Å². The third-order valence-electron chi connectivity index (χ3n) is 2.94. The predicted octanol–water partition coefficient (Wildman–Crippen LogP) is 2.00. The SMILES string of the molecule is CC1OC(=O)C(C(O)c2ccc(Br)cc2)C1[Se]. The van der Waals surface area contributed by atoms with Crippen LogP contribution in [0.1, 0.15) is 18.6 Å². The van der Waals surface area contributed by atoms with Crippen LogP contribution >= 0.6 is 15.9 Å². The number of aliphatic hydroxyl groups is 1. The van der Waals surface area contributed by atoms with Crippen molar-refractivity contribution in [3.05, 3.63) is 34.3 Å². The molecule has 1 aliphatic heterocycles. The molecule has 4 atom stereocenters. The van der Waals surface area contributed by atoms with Gasteiger partial charge in [-0.3, -0.25) is 0 Å². The van der Waals surface area contributed by atoms with Crippen molar-refractivity contribution in [3.8, 4) is 0 Å². The van der Waals surface area contributed by atoms with Crippen LogP contribution in [-0.4, -0.2) is 33.2 Å². The first-order valence-electron chi connectivity index (χ1n) is 5.30. The van der Waals surface area contributed by atoms with Gasteiger partial charge in [0.25, 0.3) is 0 Å². The standard InChI is InChI=1S/C12H12BrO3Se/c1-6-11(17)9(12(15)16-6)10(14)7-2-4-8(13)5-3-7/h2-6,9-11,14H,1H3. The van der Waals surface area contributed by atoms with Crippen LogP contribution in [-0.2, 0) is 9.53 Å². The van der Waals surface area contributed by atoms with Crippen molar-refractivity contribution < 1.29 is 14.6 Å². The number of benzene rings is 1. The number of carbonyl (C=O) groups is 1. The zero-order chi connectivity index (χ0) is 12.6. The molecule has 3 nitrogen and oxygen atoms in total. The Morgan fingerprint density at radius 2 is 2.00 bits per heavy atom. The number of hydrogen-bond donors (Lipinski definition) is 1. The first-order valence-corrected chi connectivity index (χ1v) is 7.08. The number of rotatable bonds is 2. The van der Waals surface area contributed by atoms with E-state index in [0.717, 1.165) is 10.0 Å². The van der Waals surface area contributed by atoms with E-state index < -0.39 is 12.0 Å². The van der Waals surface area contributed by atoms with Gasteiger partial charge in [0.15, 0.2) is 0 Å². The summed E-state index contributed by atoms with van der Waals surface area (Å²) in [5.74, 6) is -0.858. The number of aliphatic hydroxyl groups excluding tert-OH is 1. The molecule has 1 aliphatic rings. The molecule has 1 fully saturated rings. The summed E-state index contributed by atoms with van der Waals surface area (Å²) in [4.78, 5) is 11.6. The van der Waals surface area contributed by atoms with E-state index in [4.69, 9.17) is 4.74 Å². The van der Waals surface area contributed by atoms with Crippen LogP contribution in [0.15, 0.2) is 28.7 Å². The summed E-state index contributed by atoms with van der Waals surface area (Å²) < 4.78 is 6.05. The third-order valence-corrected chi connectivity index (χ3v) is 4.89. The average molecular weight is 363 g/mol. The fourth-order valence-electron chi connectivity index (χ4n) is 1.93. The second-order valence-electron chi connectivity index (χ2n) is 4.13. The van der Waals surface area contributed by atoms with E-state index in [2.05, 4.69) is 31.9 Å². The van der Waals surface area contributed by atoms with Crippen molar-refractivity contribution in [2.24, 2.45) is 5.92 Å². The molecule has 0 spiro atoms. The molecule has 0 aromatic heterocycles.